The van der Waals surface area contributed by atoms with E-state index in [1.807, 2.05) is 26.8 Å². The van der Waals surface area contributed by atoms with E-state index in [0.717, 1.165) is 29.5 Å². The highest BCUT2D eigenvalue weighted by Gasteiger charge is 2.27. The molecule has 1 aromatic rings. The van der Waals surface area contributed by atoms with E-state index in [1.165, 1.54) is 4.31 Å². The molecule has 0 saturated heterocycles. The number of sulfonamides is 1. The average molecular weight is 318 g/mol. The molecule has 5 heteroatoms. The maximum absolute atomic E-state index is 12.7. The number of hydrogen-bond donors (Lipinski definition) is 0. The Labute approximate surface area is 128 Å². The van der Waals surface area contributed by atoms with E-state index < -0.39 is 10.0 Å². The van der Waals surface area contributed by atoms with E-state index in [1.54, 1.807) is 13.1 Å². The van der Waals surface area contributed by atoms with Crippen molar-refractivity contribution in [2.75, 3.05) is 7.05 Å². The number of benzene rings is 1. The van der Waals surface area contributed by atoms with Crippen LogP contribution in [0.1, 0.15) is 43.4 Å². The van der Waals surface area contributed by atoms with Gasteiger partial charge in [0.2, 0.25) is 10.0 Å². The number of halogens is 1. The molecule has 114 valence electrons. The van der Waals surface area contributed by atoms with Gasteiger partial charge in [0.25, 0.3) is 0 Å². The van der Waals surface area contributed by atoms with Gasteiger partial charge in [-0.05, 0) is 49.9 Å². The summed E-state index contributed by atoms with van der Waals surface area (Å²) in [4.78, 5) is 0.365. The minimum Gasteiger partial charge on any atom is -0.207 e. The molecule has 0 bridgehead atoms. The summed E-state index contributed by atoms with van der Waals surface area (Å²) in [6.07, 6.45) is 1.81. The second-order valence-corrected chi connectivity index (χ2v) is 7.57. The number of hydrogen-bond acceptors (Lipinski definition) is 2. The lowest BCUT2D eigenvalue weighted by molar-refractivity contribution is 0.368. The van der Waals surface area contributed by atoms with Crippen LogP contribution < -0.4 is 0 Å². The van der Waals surface area contributed by atoms with Gasteiger partial charge in [-0.2, -0.15) is 4.31 Å². The summed E-state index contributed by atoms with van der Waals surface area (Å²) in [7, 11) is -1.82. The van der Waals surface area contributed by atoms with E-state index in [-0.39, 0.29) is 6.04 Å². The molecule has 0 radical (unpaired) electrons. The quantitative estimate of drug-likeness (QED) is 0.747. The number of nitrogens with zero attached hydrogens (tertiary/aromatic N) is 1. The van der Waals surface area contributed by atoms with Crippen LogP contribution >= 0.6 is 11.6 Å². The van der Waals surface area contributed by atoms with Crippen molar-refractivity contribution < 1.29 is 8.42 Å². The smallest absolute Gasteiger partial charge is 0.207 e. The van der Waals surface area contributed by atoms with Gasteiger partial charge in [-0.3, -0.25) is 0 Å². The minimum absolute atomic E-state index is 0.00912. The normalized spacial score (nSPS) is 13.8. The summed E-state index contributed by atoms with van der Waals surface area (Å²) in [5.41, 5.74) is 2.67. The molecule has 0 aliphatic carbocycles. The van der Waals surface area contributed by atoms with Crippen molar-refractivity contribution in [2.45, 2.75) is 57.4 Å². The Bertz CT molecular complexity index is 569. The number of aryl methyl sites for hydroxylation is 2. The van der Waals surface area contributed by atoms with Crippen molar-refractivity contribution in [1.29, 1.82) is 0 Å². The largest absolute Gasteiger partial charge is 0.243 e. The zero-order valence-corrected chi connectivity index (χ0v) is 14.5. The molecule has 3 nitrogen and oxygen atoms in total. The van der Waals surface area contributed by atoms with Crippen LogP contribution in [0.15, 0.2) is 17.0 Å². The molecular formula is C15H24ClNO2S. The molecular weight excluding hydrogens is 294 g/mol. The number of alkyl halides is 1. The zero-order valence-electron chi connectivity index (χ0n) is 12.9. The van der Waals surface area contributed by atoms with Gasteiger partial charge in [0.1, 0.15) is 0 Å². The van der Waals surface area contributed by atoms with Crippen LogP contribution in [0.2, 0.25) is 0 Å². The van der Waals surface area contributed by atoms with Crippen LogP contribution in [0.4, 0.5) is 0 Å². The monoisotopic (exact) mass is 317 g/mol. The molecule has 1 atom stereocenters. The molecule has 0 heterocycles. The summed E-state index contributed by atoms with van der Waals surface area (Å²) in [6.45, 7) is 7.77. The van der Waals surface area contributed by atoms with Gasteiger partial charge >= 0.3 is 0 Å². The third-order valence-corrected chi connectivity index (χ3v) is 6.16. The van der Waals surface area contributed by atoms with Gasteiger partial charge in [0.15, 0.2) is 0 Å². The zero-order chi connectivity index (χ0) is 15.5. The molecule has 1 aromatic carbocycles. The second kappa shape index (κ2) is 6.92. The summed E-state index contributed by atoms with van der Waals surface area (Å²) in [5, 5.41) is 0. The standard InChI is InChI=1S/C15H24ClNO2S/c1-6-7-13(4)17(5)20(18,19)15-9-14(10-16)11(2)8-12(15)3/h8-9,13H,6-7,10H2,1-5H3. The van der Waals surface area contributed by atoms with Crippen molar-refractivity contribution in [1.82, 2.24) is 4.31 Å². The van der Waals surface area contributed by atoms with E-state index in [2.05, 4.69) is 6.92 Å². The lowest BCUT2D eigenvalue weighted by atomic mass is 10.1. The first kappa shape index (κ1) is 17.5. The topological polar surface area (TPSA) is 37.4 Å². The molecule has 1 rings (SSSR count). The average Bonchev–Trinajstić information content (AvgIpc) is 2.37. The fraction of sp³-hybridized carbons (Fsp3) is 0.600. The van der Waals surface area contributed by atoms with Gasteiger partial charge in [-0.1, -0.05) is 19.4 Å². The fourth-order valence-corrected chi connectivity index (χ4v) is 4.22. The van der Waals surface area contributed by atoms with Gasteiger partial charge in [0, 0.05) is 19.0 Å². The fourth-order valence-electron chi connectivity index (χ4n) is 2.29. The molecule has 0 amide bonds. The molecule has 0 aliphatic rings. The maximum Gasteiger partial charge on any atom is 0.243 e. The Morgan fingerprint density at radius 2 is 1.85 bits per heavy atom. The Balaban J connectivity index is 3.28. The van der Waals surface area contributed by atoms with E-state index in [9.17, 15) is 8.42 Å². The van der Waals surface area contributed by atoms with Crippen LogP contribution in [-0.4, -0.2) is 25.8 Å². The Morgan fingerprint density at radius 3 is 2.35 bits per heavy atom. The van der Waals surface area contributed by atoms with Gasteiger partial charge in [-0.25, -0.2) is 8.42 Å². The Hall–Kier alpha value is -0.580. The molecule has 0 aromatic heterocycles. The SMILES string of the molecule is CCCC(C)N(C)S(=O)(=O)c1cc(CCl)c(C)cc1C. The highest BCUT2D eigenvalue weighted by Crippen LogP contribution is 2.25. The first-order chi connectivity index (χ1) is 9.25. The van der Waals surface area contributed by atoms with Crippen LogP contribution in [0.5, 0.6) is 0 Å². The summed E-state index contributed by atoms with van der Waals surface area (Å²) in [5.74, 6) is 0.322. The van der Waals surface area contributed by atoms with E-state index in [0.29, 0.717) is 10.8 Å². The van der Waals surface area contributed by atoms with E-state index >= 15 is 0 Å². The first-order valence-corrected chi connectivity index (χ1v) is 8.87. The molecule has 0 aliphatic heterocycles. The first-order valence-electron chi connectivity index (χ1n) is 6.89. The highest BCUT2D eigenvalue weighted by molar-refractivity contribution is 7.89. The van der Waals surface area contributed by atoms with Gasteiger partial charge in [0.05, 0.1) is 4.90 Å². The van der Waals surface area contributed by atoms with Gasteiger partial charge in [-0.15, -0.1) is 11.6 Å². The van der Waals surface area contributed by atoms with Crippen molar-refractivity contribution >= 4 is 21.6 Å². The molecule has 0 saturated carbocycles. The third kappa shape index (κ3) is 3.54. The molecule has 1 unspecified atom stereocenters. The second-order valence-electron chi connectivity index (χ2n) is 5.34. The Morgan fingerprint density at radius 1 is 1.25 bits per heavy atom. The summed E-state index contributed by atoms with van der Waals surface area (Å²) in [6, 6.07) is 3.59. The lowest BCUT2D eigenvalue weighted by Gasteiger charge is -2.25. The molecule has 0 N–H and O–H groups in total. The molecule has 0 fully saturated rings. The van der Waals surface area contributed by atoms with Crippen LogP contribution in [-0.2, 0) is 15.9 Å². The van der Waals surface area contributed by atoms with Crippen molar-refractivity contribution in [3.05, 3.63) is 28.8 Å². The summed E-state index contributed by atoms with van der Waals surface area (Å²) >= 11 is 5.89. The van der Waals surface area contributed by atoms with Crippen LogP contribution in [0, 0.1) is 13.8 Å². The van der Waals surface area contributed by atoms with Crippen LogP contribution in [0.25, 0.3) is 0 Å². The number of rotatable bonds is 6. The third-order valence-electron chi connectivity index (χ3n) is 3.76. The minimum atomic E-state index is -3.47. The Kier molecular flexibility index (Phi) is 6.05. The van der Waals surface area contributed by atoms with Crippen molar-refractivity contribution in [3.63, 3.8) is 0 Å². The van der Waals surface area contributed by atoms with Crippen LogP contribution in [0.3, 0.4) is 0 Å². The summed E-state index contributed by atoms with van der Waals surface area (Å²) < 4.78 is 26.9. The van der Waals surface area contributed by atoms with Crippen molar-refractivity contribution in [3.8, 4) is 0 Å². The lowest BCUT2D eigenvalue weighted by Crippen LogP contribution is -2.35. The molecule has 20 heavy (non-hydrogen) atoms. The maximum atomic E-state index is 12.7. The van der Waals surface area contributed by atoms with Gasteiger partial charge < -0.3 is 0 Å². The van der Waals surface area contributed by atoms with E-state index in [4.69, 9.17) is 11.6 Å². The molecule has 0 spiro atoms. The highest BCUT2D eigenvalue weighted by atomic mass is 35.5. The van der Waals surface area contributed by atoms with Crippen molar-refractivity contribution in [2.24, 2.45) is 0 Å². The predicted molar refractivity (Wildman–Crippen MR) is 84.8 cm³/mol. The predicted octanol–water partition coefficient (Wildman–Crippen LogP) is 3.85.